The van der Waals surface area contributed by atoms with Crippen molar-refractivity contribution in [1.82, 2.24) is 10.3 Å². The lowest BCUT2D eigenvalue weighted by Gasteiger charge is -2.21. The Morgan fingerprint density at radius 1 is 1.26 bits per heavy atom. The monoisotopic (exact) mass is 457 g/mol. The van der Waals surface area contributed by atoms with Gasteiger partial charge in [0.2, 0.25) is 5.91 Å². The van der Waals surface area contributed by atoms with Crippen LogP contribution in [0.4, 0.5) is 11.5 Å². The fraction of sp³-hybridized carbons (Fsp3) is 0.227. The summed E-state index contributed by atoms with van der Waals surface area (Å²) in [4.78, 5) is 31.1. The zero-order chi connectivity index (χ0) is 22.2. The second kappa shape index (κ2) is 11.1. The van der Waals surface area contributed by atoms with E-state index in [4.69, 9.17) is 21.7 Å². The molecule has 7 nitrogen and oxygen atoms in total. The van der Waals surface area contributed by atoms with Crippen LogP contribution in [0.15, 0.2) is 53.4 Å². The number of nitrogens with zero attached hydrogens (tertiary/aromatic N) is 2. The number of rotatable bonds is 10. The van der Waals surface area contributed by atoms with Crippen LogP contribution in [0, 0.1) is 0 Å². The summed E-state index contributed by atoms with van der Waals surface area (Å²) in [6.07, 6.45) is 1.02. The van der Waals surface area contributed by atoms with Gasteiger partial charge in [-0.3, -0.25) is 9.93 Å². The van der Waals surface area contributed by atoms with Crippen molar-refractivity contribution >= 4 is 58.2 Å². The number of hydrogen-bond acceptors (Lipinski definition) is 7. The van der Waals surface area contributed by atoms with Gasteiger partial charge < -0.3 is 20.3 Å². The zero-order valence-electron chi connectivity index (χ0n) is 17.1. The third kappa shape index (κ3) is 5.95. The van der Waals surface area contributed by atoms with Crippen molar-refractivity contribution in [3.63, 3.8) is 0 Å². The Kier molecular flexibility index (Phi) is 8.25. The highest BCUT2D eigenvalue weighted by atomic mass is 35.5. The van der Waals surface area contributed by atoms with Gasteiger partial charge in [0, 0.05) is 34.1 Å². The number of carbonyl (C=O) groups is 2. The van der Waals surface area contributed by atoms with E-state index in [1.54, 1.807) is 12.1 Å². The Labute approximate surface area is 190 Å². The molecule has 0 bridgehead atoms. The van der Waals surface area contributed by atoms with Crippen LogP contribution in [0.5, 0.6) is 0 Å². The van der Waals surface area contributed by atoms with Crippen molar-refractivity contribution in [1.29, 1.82) is 0 Å². The quantitative estimate of drug-likeness (QED) is 0.317. The molecule has 0 radical (unpaired) electrons. The predicted octanol–water partition coefficient (Wildman–Crippen LogP) is 3.26. The highest BCUT2D eigenvalue weighted by molar-refractivity contribution is 7.97. The van der Waals surface area contributed by atoms with Crippen LogP contribution >= 0.6 is 23.5 Å². The Hall–Kier alpha value is -2.65. The van der Waals surface area contributed by atoms with Gasteiger partial charge in [0.1, 0.15) is 12.1 Å². The molecule has 0 aliphatic heterocycles. The normalized spacial score (nSPS) is 10.8. The van der Waals surface area contributed by atoms with Crippen LogP contribution in [0.2, 0.25) is 5.02 Å². The lowest BCUT2D eigenvalue weighted by molar-refractivity contribution is -0.115. The number of likely N-dealkylation sites (N-methyl/N-ethyl adjacent to an activating group) is 1. The topological polar surface area (TPSA) is 100 Å². The number of nitrogens with two attached hydrogens (primary N) is 1. The number of hydrogen-bond donors (Lipinski definition) is 3. The molecule has 0 unspecified atom stereocenters. The Morgan fingerprint density at radius 2 is 2.06 bits per heavy atom. The van der Waals surface area contributed by atoms with Gasteiger partial charge in [-0.15, -0.1) is 0 Å². The fourth-order valence-corrected chi connectivity index (χ4v) is 3.89. The third-order valence-corrected chi connectivity index (χ3v) is 5.68. The summed E-state index contributed by atoms with van der Waals surface area (Å²) in [5.41, 5.74) is 2.03. The predicted molar refractivity (Wildman–Crippen MR) is 128 cm³/mol. The molecule has 2 aromatic carbocycles. The van der Waals surface area contributed by atoms with Gasteiger partial charge in [0.25, 0.3) is 0 Å². The first-order valence-electron chi connectivity index (χ1n) is 9.73. The Morgan fingerprint density at radius 3 is 2.77 bits per heavy atom. The van der Waals surface area contributed by atoms with E-state index in [-0.39, 0.29) is 18.9 Å². The Balaban J connectivity index is 1.88. The largest absolute Gasteiger partial charge is 0.348 e. The van der Waals surface area contributed by atoms with Gasteiger partial charge in [-0.25, -0.2) is 4.98 Å². The summed E-state index contributed by atoms with van der Waals surface area (Å²) >= 11 is 7.25. The molecule has 0 aliphatic rings. The molecule has 1 amide bonds. The minimum atomic E-state index is -0.187. The minimum absolute atomic E-state index is 0.160. The molecule has 1 aromatic heterocycles. The number of fused-ring (bicyclic) bond motifs is 1. The van der Waals surface area contributed by atoms with E-state index in [0.29, 0.717) is 28.6 Å². The molecule has 0 saturated heterocycles. The Bertz CT molecular complexity index is 1080. The highest BCUT2D eigenvalue weighted by Crippen LogP contribution is 2.30. The van der Waals surface area contributed by atoms with Crippen LogP contribution in [0.3, 0.4) is 0 Å². The van der Waals surface area contributed by atoms with Crippen LogP contribution in [-0.4, -0.2) is 43.9 Å². The maximum atomic E-state index is 12.6. The average Bonchev–Trinajstić information content (AvgIpc) is 2.77. The van der Waals surface area contributed by atoms with E-state index < -0.39 is 0 Å². The van der Waals surface area contributed by atoms with Gasteiger partial charge in [-0.2, -0.15) is 0 Å². The summed E-state index contributed by atoms with van der Waals surface area (Å²) in [7, 11) is 1.86. The van der Waals surface area contributed by atoms with Crippen molar-refractivity contribution in [2.24, 2.45) is 5.14 Å². The number of pyridine rings is 1. The second-order valence-electron chi connectivity index (χ2n) is 6.86. The maximum Gasteiger partial charge on any atom is 0.228 e. The maximum absolute atomic E-state index is 12.6. The smallest absolute Gasteiger partial charge is 0.228 e. The number of carbonyl (C=O) groups excluding carboxylic acids is 2. The molecule has 0 saturated carbocycles. The molecule has 1 heterocycles. The third-order valence-electron chi connectivity index (χ3n) is 4.72. The van der Waals surface area contributed by atoms with Crippen LogP contribution in [0.25, 0.3) is 10.9 Å². The van der Waals surface area contributed by atoms with Crippen molar-refractivity contribution in [2.45, 2.75) is 11.3 Å². The molecule has 162 valence electrons. The molecule has 31 heavy (non-hydrogen) atoms. The first-order chi connectivity index (χ1) is 15.0. The van der Waals surface area contributed by atoms with Crippen LogP contribution in [0.1, 0.15) is 5.56 Å². The number of nitrogens with one attached hydrogen (secondary N) is 2. The summed E-state index contributed by atoms with van der Waals surface area (Å²) in [6, 6.07) is 14.7. The SMILES string of the molecule is CNCCN(CC=O)c1ccc2c(SN)cc(NC(=O)Cc3ccccc3Cl)cc2n1. The molecule has 0 aliphatic carbocycles. The van der Waals surface area contributed by atoms with E-state index in [2.05, 4.69) is 10.6 Å². The standard InChI is InChI=1S/C22H24ClN5O2S/c1-25-8-9-28(10-11-29)21-7-6-17-19(27-21)13-16(14-20(17)31-24)26-22(30)12-15-4-2-3-5-18(15)23/h2-7,11,13-14,25H,8-10,12,24H2,1H3,(H,26,30). The first kappa shape index (κ1) is 23.0. The van der Waals surface area contributed by atoms with Crippen molar-refractivity contribution in [3.05, 3.63) is 59.1 Å². The van der Waals surface area contributed by atoms with E-state index in [0.717, 1.165) is 40.6 Å². The van der Waals surface area contributed by atoms with Crippen molar-refractivity contribution < 1.29 is 9.59 Å². The average molecular weight is 458 g/mol. The van der Waals surface area contributed by atoms with Gasteiger partial charge >= 0.3 is 0 Å². The van der Waals surface area contributed by atoms with Crippen molar-refractivity contribution in [2.75, 3.05) is 36.9 Å². The van der Waals surface area contributed by atoms with Crippen molar-refractivity contribution in [3.8, 4) is 0 Å². The van der Waals surface area contributed by atoms with Gasteiger partial charge in [-0.1, -0.05) is 29.8 Å². The van der Waals surface area contributed by atoms with E-state index in [1.165, 1.54) is 0 Å². The summed E-state index contributed by atoms with van der Waals surface area (Å²) in [6.45, 7) is 1.60. The molecule has 4 N–H and O–H groups in total. The van der Waals surface area contributed by atoms with Crippen LogP contribution in [-0.2, 0) is 16.0 Å². The number of amides is 1. The lowest BCUT2D eigenvalue weighted by atomic mass is 10.1. The number of halogens is 1. The molecule has 9 heteroatoms. The second-order valence-corrected chi connectivity index (χ2v) is 7.94. The molecule has 0 spiro atoms. The molecular formula is C22H24ClN5O2S. The lowest BCUT2D eigenvalue weighted by Crippen LogP contribution is -2.32. The zero-order valence-corrected chi connectivity index (χ0v) is 18.7. The number of benzene rings is 2. The first-order valence-corrected chi connectivity index (χ1v) is 11.0. The van der Waals surface area contributed by atoms with Crippen LogP contribution < -0.4 is 20.7 Å². The molecule has 3 aromatic rings. The highest BCUT2D eigenvalue weighted by Gasteiger charge is 2.13. The molecule has 0 atom stereocenters. The number of aldehydes is 1. The summed E-state index contributed by atoms with van der Waals surface area (Å²) < 4.78 is 0. The molecule has 0 fully saturated rings. The number of aromatic nitrogens is 1. The molecular weight excluding hydrogens is 434 g/mol. The van der Waals surface area contributed by atoms with E-state index >= 15 is 0 Å². The van der Waals surface area contributed by atoms with E-state index in [1.807, 2.05) is 48.3 Å². The van der Waals surface area contributed by atoms with E-state index in [9.17, 15) is 9.59 Å². The summed E-state index contributed by atoms with van der Waals surface area (Å²) in [5.74, 6) is 0.496. The minimum Gasteiger partial charge on any atom is -0.348 e. The fourth-order valence-electron chi connectivity index (χ4n) is 3.19. The summed E-state index contributed by atoms with van der Waals surface area (Å²) in [5, 5.41) is 13.3. The molecule has 3 rings (SSSR count). The number of anilines is 2. The van der Waals surface area contributed by atoms with Gasteiger partial charge in [0.15, 0.2) is 0 Å². The van der Waals surface area contributed by atoms with Gasteiger partial charge in [-0.05, 0) is 54.9 Å². The van der Waals surface area contributed by atoms with Gasteiger partial charge in [0.05, 0.1) is 18.5 Å².